The minimum atomic E-state index is -0.505. The van der Waals surface area contributed by atoms with E-state index >= 15 is 0 Å². The Morgan fingerprint density at radius 2 is 1.92 bits per heavy atom. The summed E-state index contributed by atoms with van der Waals surface area (Å²) in [5.41, 5.74) is 1.06. The first-order chi connectivity index (χ1) is 12.1. The van der Waals surface area contributed by atoms with Crippen LogP contribution in [0.4, 0.5) is 9.39 Å². The average molecular weight is 376 g/mol. The van der Waals surface area contributed by atoms with Crippen molar-refractivity contribution in [3.63, 3.8) is 0 Å². The molecule has 1 aromatic heterocycles. The summed E-state index contributed by atoms with van der Waals surface area (Å²) in [6.07, 6.45) is 0. The normalized spacial score (nSPS) is 11.3. The van der Waals surface area contributed by atoms with Crippen molar-refractivity contribution in [3.05, 3.63) is 52.2 Å². The number of hydrogen-bond donors (Lipinski definition) is 1. The van der Waals surface area contributed by atoms with Crippen LogP contribution in [0.15, 0.2) is 30.3 Å². The van der Waals surface area contributed by atoms with E-state index < -0.39 is 5.41 Å². The van der Waals surface area contributed by atoms with Gasteiger partial charge in [0.25, 0.3) is 5.91 Å². The Morgan fingerprint density at radius 3 is 2.50 bits per heavy atom. The Bertz CT molecular complexity index is 808. The minimum Gasteiger partial charge on any atom is -0.334 e. The van der Waals surface area contributed by atoms with Gasteiger partial charge < -0.3 is 10.2 Å². The molecule has 1 heterocycles. The lowest BCUT2D eigenvalue weighted by molar-refractivity contribution is -0.123. The van der Waals surface area contributed by atoms with Crippen molar-refractivity contribution in [2.45, 2.75) is 41.2 Å². The van der Waals surface area contributed by atoms with Gasteiger partial charge in [-0.1, -0.05) is 32.9 Å². The number of carbonyl (C=O) groups excluding carboxylic acids is 2. The number of thiophene rings is 1. The van der Waals surface area contributed by atoms with Crippen LogP contribution < -0.4 is 5.32 Å². The van der Waals surface area contributed by atoms with Crippen LogP contribution in [-0.4, -0.2) is 23.3 Å². The first-order valence-electron chi connectivity index (χ1n) is 8.57. The second kappa shape index (κ2) is 7.99. The fourth-order valence-electron chi connectivity index (χ4n) is 2.38. The molecule has 0 saturated heterocycles. The van der Waals surface area contributed by atoms with Gasteiger partial charge in [0, 0.05) is 18.5 Å². The molecule has 4 nitrogen and oxygen atoms in total. The number of nitrogens with zero attached hydrogens (tertiary/aromatic N) is 1. The van der Waals surface area contributed by atoms with Gasteiger partial charge in [-0.25, -0.2) is 4.39 Å². The van der Waals surface area contributed by atoms with Gasteiger partial charge in [-0.05, 0) is 43.2 Å². The van der Waals surface area contributed by atoms with Gasteiger partial charge in [0.05, 0.1) is 9.88 Å². The van der Waals surface area contributed by atoms with Gasteiger partial charge in [0.15, 0.2) is 0 Å². The SMILES string of the molecule is CCN(Cc1cccc(F)c1)C(=O)c1sc(NC(=O)C(C)(C)C)cc1C. The summed E-state index contributed by atoms with van der Waals surface area (Å²) in [5, 5.41) is 3.53. The summed E-state index contributed by atoms with van der Waals surface area (Å²) in [5.74, 6) is -0.522. The second-order valence-electron chi connectivity index (χ2n) is 7.28. The molecule has 26 heavy (non-hydrogen) atoms. The van der Waals surface area contributed by atoms with Crippen LogP contribution in [0.3, 0.4) is 0 Å². The van der Waals surface area contributed by atoms with Gasteiger partial charge in [-0.2, -0.15) is 0 Å². The monoisotopic (exact) mass is 376 g/mol. The zero-order valence-electron chi connectivity index (χ0n) is 15.9. The van der Waals surface area contributed by atoms with E-state index in [-0.39, 0.29) is 17.6 Å². The molecular formula is C20H25FN2O2S. The quantitative estimate of drug-likeness (QED) is 0.811. The second-order valence-corrected chi connectivity index (χ2v) is 8.33. The third-order valence-electron chi connectivity index (χ3n) is 3.96. The number of rotatable bonds is 5. The number of hydrogen-bond acceptors (Lipinski definition) is 3. The Morgan fingerprint density at radius 1 is 1.23 bits per heavy atom. The maximum atomic E-state index is 13.4. The molecule has 2 rings (SSSR count). The number of amides is 2. The van der Waals surface area contributed by atoms with Crippen molar-refractivity contribution in [3.8, 4) is 0 Å². The fourth-order valence-corrected chi connectivity index (χ4v) is 3.42. The molecular weight excluding hydrogens is 351 g/mol. The number of benzene rings is 1. The van der Waals surface area contributed by atoms with Gasteiger partial charge in [0.2, 0.25) is 5.91 Å². The number of anilines is 1. The lowest BCUT2D eigenvalue weighted by Crippen LogP contribution is -2.30. The highest BCUT2D eigenvalue weighted by atomic mass is 32.1. The molecule has 0 fully saturated rings. The molecule has 0 aliphatic rings. The van der Waals surface area contributed by atoms with Crippen LogP contribution in [0.2, 0.25) is 0 Å². The van der Waals surface area contributed by atoms with E-state index in [1.54, 1.807) is 17.0 Å². The summed E-state index contributed by atoms with van der Waals surface area (Å²) in [4.78, 5) is 27.3. The zero-order valence-corrected chi connectivity index (χ0v) is 16.7. The maximum Gasteiger partial charge on any atom is 0.264 e. The van der Waals surface area contributed by atoms with Crippen LogP contribution in [-0.2, 0) is 11.3 Å². The van der Waals surface area contributed by atoms with Crippen LogP contribution in [0.5, 0.6) is 0 Å². The highest BCUT2D eigenvalue weighted by Gasteiger charge is 2.24. The average Bonchev–Trinajstić information content (AvgIpc) is 2.91. The minimum absolute atomic E-state index is 0.0927. The maximum absolute atomic E-state index is 13.4. The molecule has 0 atom stereocenters. The number of carbonyl (C=O) groups is 2. The van der Waals surface area contributed by atoms with Gasteiger partial charge in [0.1, 0.15) is 5.82 Å². The van der Waals surface area contributed by atoms with Gasteiger partial charge >= 0.3 is 0 Å². The molecule has 0 aliphatic carbocycles. The zero-order chi connectivity index (χ0) is 19.5. The first kappa shape index (κ1) is 20.1. The molecule has 0 unspecified atom stereocenters. The van der Waals surface area contributed by atoms with E-state index in [1.165, 1.54) is 23.5 Å². The number of nitrogens with one attached hydrogen (secondary N) is 1. The van der Waals surface area contributed by atoms with E-state index in [0.717, 1.165) is 11.1 Å². The summed E-state index contributed by atoms with van der Waals surface area (Å²) in [6, 6.07) is 8.08. The van der Waals surface area contributed by atoms with Crippen molar-refractivity contribution in [2.24, 2.45) is 5.41 Å². The van der Waals surface area contributed by atoms with Crippen molar-refractivity contribution < 1.29 is 14.0 Å². The molecule has 1 aromatic carbocycles. The van der Waals surface area contributed by atoms with Crippen LogP contribution in [0, 0.1) is 18.2 Å². The van der Waals surface area contributed by atoms with Gasteiger partial charge in [-0.15, -0.1) is 11.3 Å². The summed E-state index contributed by atoms with van der Waals surface area (Å²) >= 11 is 1.27. The summed E-state index contributed by atoms with van der Waals surface area (Å²) in [6.45, 7) is 10.1. The predicted octanol–water partition coefficient (Wildman–Crippen LogP) is 4.84. The molecule has 0 aliphatic heterocycles. The molecule has 0 spiro atoms. The third-order valence-corrected chi connectivity index (χ3v) is 5.10. The molecule has 2 amide bonds. The lowest BCUT2D eigenvalue weighted by Gasteiger charge is -2.21. The Kier molecular flexibility index (Phi) is 6.18. The molecule has 2 aromatic rings. The largest absolute Gasteiger partial charge is 0.334 e. The topological polar surface area (TPSA) is 49.4 Å². The molecule has 6 heteroatoms. The van der Waals surface area contributed by atoms with Crippen LogP contribution in [0.1, 0.15) is 48.5 Å². The lowest BCUT2D eigenvalue weighted by atomic mass is 9.96. The smallest absolute Gasteiger partial charge is 0.264 e. The molecule has 0 radical (unpaired) electrons. The Balaban J connectivity index is 2.18. The number of halogens is 1. The Labute approximate surface area is 158 Å². The van der Waals surface area contributed by atoms with Crippen LogP contribution >= 0.6 is 11.3 Å². The van der Waals surface area contributed by atoms with E-state index in [0.29, 0.717) is 23.0 Å². The molecule has 1 N–H and O–H groups in total. The van der Waals surface area contributed by atoms with E-state index in [9.17, 15) is 14.0 Å². The highest BCUT2D eigenvalue weighted by molar-refractivity contribution is 7.18. The van der Waals surface area contributed by atoms with Crippen LogP contribution in [0.25, 0.3) is 0 Å². The standard InChI is InChI=1S/C20H25FN2O2S/c1-6-23(12-14-8-7-9-15(21)11-14)18(24)17-13(2)10-16(26-17)22-19(25)20(3,4)5/h7-11H,6,12H2,1-5H3,(H,22,25). The van der Waals surface area contributed by atoms with Crippen molar-refractivity contribution >= 4 is 28.2 Å². The molecule has 0 saturated carbocycles. The van der Waals surface area contributed by atoms with E-state index in [4.69, 9.17) is 0 Å². The molecule has 0 bridgehead atoms. The summed E-state index contributed by atoms with van der Waals surface area (Å²) < 4.78 is 13.4. The Hall–Kier alpha value is -2.21. The summed E-state index contributed by atoms with van der Waals surface area (Å²) in [7, 11) is 0. The fraction of sp³-hybridized carbons (Fsp3) is 0.400. The van der Waals surface area contributed by atoms with Crippen molar-refractivity contribution in [2.75, 3.05) is 11.9 Å². The predicted molar refractivity (Wildman–Crippen MR) is 104 cm³/mol. The first-order valence-corrected chi connectivity index (χ1v) is 9.39. The highest BCUT2D eigenvalue weighted by Crippen LogP contribution is 2.29. The van der Waals surface area contributed by atoms with Crippen molar-refractivity contribution in [1.29, 1.82) is 0 Å². The van der Waals surface area contributed by atoms with E-state index in [1.807, 2.05) is 40.7 Å². The van der Waals surface area contributed by atoms with Crippen molar-refractivity contribution in [1.82, 2.24) is 4.90 Å². The molecule has 140 valence electrons. The third kappa shape index (κ3) is 4.91. The number of aryl methyl sites for hydroxylation is 1. The van der Waals surface area contributed by atoms with E-state index in [2.05, 4.69) is 5.32 Å². The van der Waals surface area contributed by atoms with Gasteiger partial charge in [-0.3, -0.25) is 9.59 Å².